The number of amides is 1. The number of aryl methyl sites for hydroxylation is 1. The fraction of sp³-hybridized carbons (Fsp3) is 0.385. The minimum Gasteiger partial charge on any atom is -0.507 e. The summed E-state index contributed by atoms with van der Waals surface area (Å²) in [4.78, 5) is 40.0. The third kappa shape index (κ3) is 5.68. The number of carbonyl (C=O) groups is 2. The number of ketones is 1. The topological polar surface area (TPSA) is 113 Å². The van der Waals surface area contributed by atoms with Gasteiger partial charge in [-0.2, -0.15) is 0 Å². The highest BCUT2D eigenvalue weighted by atomic mass is 16.6. The number of aliphatic hydroxyl groups excluding tert-OH is 1. The Hall–Kier alpha value is -3.72. The van der Waals surface area contributed by atoms with Gasteiger partial charge in [-0.05, 0) is 68.4 Å². The fourth-order valence-electron chi connectivity index (χ4n) is 3.91. The van der Waals surface area contributed by atoms with Crippen LogP contribution in [0.3, 0.4) is 0 Å². The molecular formula is C26H31N3O6. The van der Waals surface area contributed by atoms with E-state index in [9.17, 15) is 24.8 Å². The number of carbonyl (C=O) groups excluding carboxylic acids is 2. The van der Waals surface area contributed by atoms with Crippen molar-refractivity contribution in [3.8, 4) is 5.75 Å². The largest absolute Gasteiger partial charge is 0.507 e. The number of nitro groups is 1. The fourth-order valence-corrected chi connectivity index (χ4v) is 3.91. The molecule has 9 heteroatoms. The Morgan fingerprint density at radius 3 is 2.37 bits per heavy atom. The quantitative estimate of drug-likeness (QED) is 0.190. The van der Waals surface area contributed by atoms with E-state index in [0.29, 0.717) is 35.9 Å². The SMILES string of the molecule is Cc1cc(C(O)=C2C(=O)C(=O)N(CCN(C)C)[C@@H]2c2ccc([N+](=O)[O-])cc2)ccc1OCC(C)C. The van der Waals surface area contributed by atoms with Crippen LogP contribution in [-0.4, -0.2) is 65.3 Å². The van der Waals surface area contributed by atoms with Crippen molar-refractivity contribution in [2.24, 2.45) is 5.92 Å². The van der Waals surface area contributed by atoms with Crippen molar-refractivity contribution >= 4 is 23.1 Å². The molecular weight excluding hydrogens is 450 g/mol. The normalized spacial score (nSPS) is 17.5. The van der Waals surface area contributed by atoms with Crippen molar-refractivity contribution in [2.45, 2.75) is 26.8 Å². The maximum Gasteiger partial charge on any atom is 0.295 e. The van der Waals surface area contributed by atoms with E-state index < -0.39 is 22.7 Å². The molecule has 186 valence electrons. The van der Waals surface area contributed by atoms with Crippen LogP contribution in [-0.2, 0) is 9.59 Å². The summed E-state index contributed by atoms with van der Waals surface area (Å²) in [5.74, 6) is -0.777. The summed E-state index contributed by atoms with van der Waals surface area (Å²) < 4.78 is 5.80. The summed E-state index contributed by atoms with van der Waals surface area (Å²) in [6, 6.07) is 9.91. The first kappa shape index (κ1) is 25.9. The Labute approximate surface area is 204 Å². The predicted octanol–water partition coefficient (Wildman–Crippen LogP) is 3.92. The number of benzene rings is 2. The molecule has 0 aliphatic carbocycles. The number of rotatable bonds is 9. The average Bonchev–Trinajstić information content (AvgIpc) is 3.06. The number of likely N-dealkylation sites (tertiary alicyclic amines) is 1. The predicted molar refractivity (Wildman–Crippen MR) is 132 cm³/mol. The Bertz CT molecular complexity index is 1150. The Morgan fingerprint density at radius 2 is 1.83 bits per heavy atom. The van der Waals surface area contributed by atoms with E-state index in [2.05, 4.69) is 0 Å². The van der Waals surface area contributed by atoms with Gasteiger partial charge < -0.3 is 19.6 Å². The molecule has 2 aromatic carbocycles. The third-order valence-electron chi connectivity index (χ3n) is 5.77. The molecule has 0 radical (unpaired) electrons. The number of hydrogen-bond acceptors (Lipinski definition) is 7. The first-order valence-electron chi connectivity index (χ1n) is 11.4. The van der Waals surface area contributed by atoms with Crippen molar-refractivity contribution in [1.82, 2.24) is 9.80 Å². The Balaban J connectivity index is 2.08. The van der Waals surface area contributed by atoms with E-state index in [1.54, 1.807) is 18.2 Å². The van der Waals surface area contributed by atoms with Crippen LogP contribution in [0.15, 0.2) is 48.0 Å². The van der Waals surface area contributed by atoms with Crippen LogP contribution in [0.5, 0.6) is 5.75 Å². The number of non-ortho nitro benzene ring substituents is 1. The van der Waals surface area contributed by atoms with Crippen molar-refractivity contribution in [2.75, 3.05) is 33.8 Å². The van der Waals surface area contributed by atoms with Crippen molar-refractivity contribution < 1.29 is 24.4 Å². The second-order valence-electron chi connectivity index (χ2n) is 9.33. The molecule has 2 aromatic rings. The number of nitro benzene ring substituents is 1. The lowest BCUT2D eigenvalue weighted by Crippen LogP contribution is -2.35. The zero-order chi connectivity index (χ0) is 25.9. The van der Waals surface area contributed by atoms with Crippen molar-refractivity contribution in [3.63, 3.8) is 0 Å². The highest BCUT2D eigenvalue weighted by Crippen LogP contribution is 2.40. The van der Waals surface area contributed by atoms with Gasteiger partial charge in [-0.1, -0.05) is 13.8 Å². The highest BCUT2D eigenvalue weighted by molar-refractivity contribution is 6.46. The summed E-state index contributed by atoms with van der Waals surface area (Å²) >= 11 is 0. The van der Waals surface area contributed by atoms with E-state index in [1.807, 2.05) is 39.8 Å². The first-order chi connectivity index (χ1) is 16.5. The number of aliphatic hydroxyl groups is 1. The number of nitrogens with zero attached hydrogens (tertiary/aromatic N) is 3. The number of Topliss-reactive ketones (excluding diaryl/α,β-unsaturated/α-hetero) is 1. The number of ether oxygens (including phenoxy) is 1. The minimum absolute atomic E-state index is 0.0437. The second-order valence-corrected chi connectivity index (χ2v) is 9.33. The van der Waals surface area contributed by atoms with Gasteiger partial charge in [0.15, 0.2) is 0 Å². The lowest BCUT2D eigenvalue weighted by molar-refractivity contribution is -0.384. The molecule has 1 aliphatic rings. The van der Waals surface area contributed by atoms with E-state index in [4.69, 9.17) is 4.74 Å². The van der Waals surface area contributed by atoms with Gasteiger partial charge in [-0.15, -0.1) is 0 Å². The van der Waals surface area contributed by atoms with Gasteiger partial charge in [0.2, 0.25) is 0 Å². The Morgan fingerprint density at radius 1 is 1.17 bits per heavy atom. The maximum atomic E-state index is 13.1. The molecule has 0 unspecified atom stereocenters. The molecule has 9 nitrogen and oxygen atoms in total. The summed E-state index contributed by atoms with van der Waals surface area (Å²) in [5.41, 5.74) is 1.52. The minimum atomic E-state index is -0.868. The van der Waals surface area contributed by atoms with Crippen LogP contribution in [0.25, 0.3) is 5.76 Å². The molecule has 1 amide bonds. The van der Waals surface area contributed by atoms with Gasteiger partial charge in [-0.25, -0.2) is 0 Å². The molecule has 1 aliphatic heterocycles. The number of hydrogen-bond donors (Lipinski definition) is 1. The van der Waals surface area contributed by atoms with Crippen LogP contribution in [0, 0.1) is 23.0 Å². The van der Waals surface area contributed by atoms with E-state index >= 15 is 0 Å². The summed E-state index contributed by atoms with van der Waals surface area (Å²) in [7, 11) is 3.70. The molecule has 3 rings (SSSR count). The third-order valence-corrected chi connectivity index (χ3v) is 5.77. The van der Waals surface area contributed by atoms with E-state index in [1.165, 1.54) is 29.2 Å². The smallest absolute Gasteiger partial charge is 0.295 e. The standard InChI is InChI=1S/C26H31N3O6/c1-16(2)15-35-21-11-8-19(14-17(21)3)24(30)22-23(18-6-9-20(10-7-18)29(33)34)28(13-12-27(4)5)26(32)25(22)31/h6-11,14,16,23,30H,12-13,15H2,1-5H3/t23-/m1/s1. The summed E-state index contributed by atoms with van der Waals surface area (Å²) in [5, 5.41) is 22.3. The van der Waals surface area contributed by atoms with Crippen LogP contribution in [0.1, 0.15) is 36.6 Å². The van der Waals surface area contributed by atoms with Gasteiger partial charge in [0.05, 0.1) is 23.1 Å². The molecule has 35 heavy (non-hydrogen) atoms. The first-order valence-corrected chi connectivity index (χ1v) is 11.4. The molecule has 1 fully saturated rings. The van der Waals surface area contributed by atoms with Crippen molar-refractivity contribution in [3.05, 3.63) is 74.8 Å². The van der Waals surface area contributed by atoms with Crippen LogP contribution < -0.4 is 4.74 Å². The van der Waals surface area contributed by atoms with Crippen molar-refractivity contribution in [1.29, 1.82) is 0 Å². The summed E-state index contributed by atoms with van der Waals surface area (Å²) in [6.07, 6.45) is 0. The van der Waals surface area contributed by atoms with Gasteiger partial charge in [0, 0.05) is 30.8 Å². The molecule has 0 spiro atoms. The van der Waals surface area contributed by atoms with E-state index in [-0.39, 0.29) is 23.6 Å². The van der Waals surface area contributed by atoms with Gasteiger partial charge in [0.25, 0.3) is 17.4 Å². The molecule has 0 bridgehead atoms. The molecule has 0 saturated carbocycles. The van der Waals surface area contributed by atoms with Gasteiger partial charge in [0.1, 0.15) is 11.5 Å². The molecule has 1 heterocycles. The molecule has 1 saturated heterocycles. The lowest BCUT2D eigenvalue weighted by Gasteiger charge is -2.26. The highest BCUT2D eigenvalue weighted by Gasteiger charge is 2.46. The monoisotopic (exact) mass is 481 g/mol. The zero-order valence-corrected chi connectivity index (χ0v) is 20.6. The second kappa shape index (κ2) is 10.7. The molecule has 1 atom stereocenters. The Kier molecular flexibility index (Phi) is 7.91. The zero-order valence-electron chi connectivity index (χ0n) is 20.6. The van der Waals surface area contributed by atoms with Crippen LogP contribution in [0.2, 0.25) is 0 Å². The van der Waals surface area contributed by atoms with Gasteiger partial charge in [-0.3, -0.25) is 19.7 Å². The summed E-state index contributed by atoms with van der Waals surface area (Å²) in [6.45, 7) is 7.22. The lowest BCUT2D eigenvalue weighted by atomic mass is 9.94. The molecule has 1 N–H and O–H groups in total. The molecule has 0 aromatic heterocycles. The van der Waals surface area contributed by atoms with Gasteiger partial charge >= 0.3 is 0 Å². The maximum absolute atomic E-state index is 13.1. The van der Waals surface area contributed by atoms with Crippen LogP contribution in [0.4, 0.5) is 5.69 Å². The average molecular weight is 482 g/mol. The van der Waals surface area contributed by atoms with Crippen LogP contribution >= 0.6 is 0 Å². The van der Waals surface area contributed by atoms with E-state index in [0.717, 1.165) is 5.56 Å². The number of likely N-dealkylation sites (N-methyl/N-ethyl adjacent to an activating group) is 1.